The summed E-state index contributed by atoms with van der Waals surface area (Å²) >= 11 is 0. The van der Waals surface area contributed by atoms with Crippen molar-refractivity contribution in [2.75, 3.05) is 14.1 Å². The highest BCUT2D eigenvalue weighted by atomic mass is 16.2. The van der Waals surface area contributed by atoms with Crippen molar-refractivity contribution in [2.24, 2.45) is 11.3 Å². The number of carbonyl (C=O) groups is 1. The molecule has 0 aromatic heterocycles. The summed E-state index contributed by atoms with van der Waals surface area (Å²) in [6.45, 7) is 8.94. The molecule has 0 aromatic rings. The normalized spacial score (nSPS) is 29.8. The summed E-state index contributed by atoms with van der Waals surface area (Å²) in [6, 6.07) is 0.406. The van der Waals surface area contributed by atoms with Crippen LogP contribution in [0, 0.1) is 11.3 Å². The predicted molar refractivity (Wildman–Crippen MR) is 71.9 cm³/mol. The number of rotatable bonds is 3. The van der Waals surface area contributed by atoms with Crippen LogP contribution in [0.4, 0.5) is 0 Å². The molecule has 0 aliphatic heterocycles. The Bertz CT molecular complexity index is 273. The third-order valence-electron chi connectivity index (χ3n) is 3.68. The molecule has 0 bridgehead atoms. The van der Waals surface area contributed by atoms with Crippen molar-refractivity contribution in [3.63, 3.8) is 0 Å². The molecule has 3 atom stereocenters. The number of hydrogen-bond acceptors (Lipinski definition) is 2. The molecule has 3 unspecified atom stereocenters. The number of hydrogen-bond donors (Lipinski definition) is 1. The van der Waals surface area contributed by atoms with Crippen LogP contribution in [-0.4, -0.2) is 37.0 Å². The average Bonchev–Trinajstić information content (AvgIpc) is 2.12. The predicted octanol–water partition coefficient (Wildman–Crippen LogP) is 2.27. The van der Waals surface area contributed by atoms with Crippen molar-refractivity contribution < 1.29 is 4.79 Å². The molecule has 17 heavy (non-hydrogen) atoms. The van der Waals surface area contributed by atoms with Crippen LogP contribution in [0.1, 0.15) is 47.0 Å². The van der Waals surface area contributed by atoms with E-state index in [0.29, 0.717) is 11.5 Å². The van der Waals surface area contributed by atoms with E-state index in [2.05, 4.69) is 26.1 Å². The zero-order valence-electron chi connectivity index (χ0n) is 12.2. The number of nitrogens with zero attached hydrogens (tertiary/aromatic N) is 1. The summed E-state index contributed by atoms with van der Waals surface area (Å²) < 4.78 is 0. The number of likely N-dealkylation sites (N-methyl/N-ethyl adjacent to an activating group) is 1. The summed E-state index contributed by atoms with van der Waals surface area (Å²) in [6.07, 6.45) is 3.65. The summed E-state index contributed by atoms with van der Waals surface area (Å²) in [5.41, 5.74) is 0.399. The highest BCUT2D eigenvalue weighted by Crippen LogP contribution is 2.38. The van der Waals surface area contributed by atoms with E-state index in [9.17, 15) is 4.79 Å². The van der Waals surface area contributed by atoms with Crippen LogP contribution in [0.2, 0.25) is 0 Å². The molecule has 1 rings (SSSR count). The second-order valence-electron chi connectivity index (χ2n) is 6.73. The van der Waals surface area contributed by atoms with Crippen LogP contribution in [0.3, 0.4) is 0 Å². The van der Waals surface area contributed by atoms with E-state index in [1.54, 1.807) is 4.90 Å². The average molecular weight is 240 g/mol. The lowest BCUT2D eigenvalue weighted by Gasteiger charge is -2.40. The zero-order chi connectivity index (χ0) is 13.2. The van der Waals surface area contributed by atoms with Crippen LogP contribution in [0.25, 0.3) is 0 Å². The molecular weight excluding hydrogens is 212 g/mol. The van der Waals surface area contributed by atoms with Crippen molar-refractivity contribution in [3.8, 4) is 0 Å². The summed E-state index contributed by atoms with van der Waals surface area (Å²) in [5, 5.41) is 3.49. The van der Waals surface area contributed by atoms with Crippen LogP contribution in [0.15, 0.2) is 0 Å². The van der Waals surface area contributed by atoms with E-state index in [-0.39, 0.29) is 11.9 Å². The van der Waals surface area contributed by atoms with Gasteiger partial charge in [-0.3, -0.25) is 4.79 Å². The van der Waals surface area contributed by atoms with E-state index in [0.717, 1.165) is 5.92 Å². The van der Waals surface area contributed by atoms with Crippen molar-refractivity contribution in [2.45, 2.75) is 59.0 Å². The van der Waals surface area contributed by atoms with Crippen LogP contribution >= 0.6 is 0 Å². The highest BCUT2D eigenvalue weighted by molar-refractivity contribution is 5.80. The van der Waals surface area contributed by atoms with E-state index >= 15 is 0 Å². The minimum absolute atomic E-state index is 0.0731. The maximum absolute atomic E-state index is 11.8. The van der Waals surface area contributed by atoms with Gasteiger partial charge < -0.3 is 10.2 Å². The maximum Gasteiger partial charge on any atom is 0.238 e. The summed E-state index contributed by atoms with van der Waals surface area (Å²) in [5.74, 6) is 0.916. The van der Waals surface area contributed by atoms with E-state index < -0.39 is 0 Å². The molecule has 0 heterocycles. The van der Waals surface area contributed by atoms with E-state index in [1.807, 2.05) is 21.0 Å². The third-order valence-corrected chi connectivity index (χ3v) is 3.68. The molecule has 1 aliphatic rings. The fourth-order valence-corrected chi connectivity index (χ4v) is 3.29. The SMILES string of the molecule is CC1CC(NC(C)C(=O)N(C)C)CC(C)(C)C1. The summed E-state index contributed by atoms with van der Waals surface area (Å²) in [7, 11) is 3.63. The van der Waals surface area contributed by atoms with E-state index in [1.165, 1.54) is 19.3 Å². The van der Waals surface area contributed by atoms with E-state index in [4.69, 9.17) is 0 Å². The number of amides is 1. The minimum Gasteiger partial charge on any atom is -0.347 e. The molecule has 3 nitrogen and oxygen atoms in total. The van der Waals surface area contributed by atoms with Gasteiger partial charge in [0, 0.05) is 20.1 Å². The first-order valence-electron chi connectivity index (χ1n) is 6.68. The van der Waals surface area contributed by atoms with Gasteiger partial charge in [-0.05, 0) is 37.5 Å². The first-order chi connectivity index (χ1) is 7.71. The molecule has 1 saturated carbocycles. The van der Waals surface area contributed by atoms with Gasteiger partial charge in [0.05, 0.1) is 6.04 Å². The van der Waals surface area contributed by atoms with Gasteiger partial charge >= 0.3 is 0 Å². The largest absolute Gasteiger partial charge is 0.347 e. The Morgan fingerprint density at radius 2 is 1.94 bits per heavy atom. The molecule has 0 saturated heterocycles. The quantitative estimate of drug-likeness (QED) is 0.821. The molecule has 1 aliphatic carbocycles. The van der Waals surface area contributed by atoms with Gasteiger partial charge in [0.1, 0.15) is 0 Å². The Morgan fingerprint density at radius 3 is 2.41 bits per heavy atom. The van der Waals surface area contributed by atoms with Crippen molar-refractivity contribution >= 4 is 5.91 Å². The van der Waals surface area contributed by atoms with Crippen LogP contribution in [-0.2, 0) is 4.79 Å². The standard InChI is InChI=1S/C14H28N2O/c1-10-7-12(9-14(3,4)8-10)15-11(2)13(17)16(5)6/h10-12,15H,7-9H2,1-6H3. The molecule has 1 N–H and O–H groups in total. The first-order valence-corrected chi connectivity index (χ1v) is 6.68. The lowest BCUT2D eigenvalue weighted by Crippen LogP contribution is -2.49. The monoisotopic (exact) mass is 240 g/mol. The molecular formula is C14H28N2O. The van der Waals surface area contributed by atoms with Crippen molar-refractivity contribution in [1.82, 2.24) is 10.2 Å². The van der Waals surface area contributed by atoms with Gasteiger partial charge in [0.15, 0.2) is 0 Å². The maximum atomic E-state index is 11.8. The molecule has 0 spiro atoms. The first kappa shape index (κ1) is 14.5. The topological polar surface area (TPSA) is 32.3 Å². The van der Waals surface area contributed by atoms with Gasteiger partial charge in [-0.2, -0.15) is 0 Å². The Balaban J connectivity index is 2.54. The van der Waals surface area contributed by atoms with Gasteiger partial charge in [0.25, 0.3) is 0 Å². The number of carbonyl (C=O) groups excluding carboxylic acids is 1. The minimum atomic E-state index is -0.0731. The Labute approximate surface area is 106 Å². The molecule has 1 amide bonds. The van der Waals surface area contributed by atoms with Gasteiger partial charge in [-0.15, -0.1) is 0 Å². The molecule has 100 valence electrons. The van der Waals surface area contributed by atoms with Crippen molar-refractivity contribution in [1.29, 1.82) is 0 Å². The Hall–Kier alpha value is -0.570. The second kappa shape index (κ2) is 5.38. The Kier molecular flexibility index (Phi) is 4.59. The lowest BCUT2D eigenvalue weighted by atomic mass is 9.70. The number of nitrogens with one attached hydrogen (secondary N) is 1. The fraction of sp³-hybridized carbons (Fsp3) is 0.929. The van der Waals surface area contributed by atoms with Crippen molar-refractivity contribution in [3.05, 3.63) is 0 Å². The second-order valence-corrected chi connectivity index (χ2v) is 6.73. The fourth-order valence-electron chi connectivity index (χ4n) is 3.29. The lowest BCUT2D eigenvalue weighted by molar-refractivity contribution is -0.130. The molecule has 1 fully saturated rings. The van der Waals surface area contributed by atoms with Crippen LogP contribution in [0.5, 0.6) is 0 Å². The van der Waals surface area contributed by atoms with Gasteiger partial charge in [-0.25, -0.2) is 0 Å². The third kappa shape index (κ3) is 4.30. The van der Waals surface area contributed by atoms with Gasteiger partial charge in [-0.1, -0.05) is 20.8 Å². The van der Waals surface area contributed by atoms with Gasteiger partial charge in [0.2, 0.25) is 5.91 Å². The smallest absolute Gasteiger partial charge is 0.238 e. The zero-order valence-corrected chi connectivity index (χ0v) is 12.2. The Morgan fingerprint density at radius 1 is 1.35 bits per heavy atom. The molecule has 0 aromatic carbocycles. The molecule has 0 radical (unpaired) electrons. The van der Waals surface area contributed by atoms with Crippen LogP contribution < -0.4 is 5.32 Å². The molecule has 3 heteroatoms. The highest BCUT2D eigenvalue weighted by Gasteiger charge is 2.33. The summed E-state index contributed by atoms with van der Waals surface area (Å²) in [4.78, 5) is 13.5.